The number of benzene rings is 1. The second-order valence-electron chi connectivity index (χ2n) is 5.27. The number of amidine groups is 1. The van der Waals surface area contributed by atoms with E-state index in [4.69, 9.17) is 44.9 Å². The first-order valence-corrected chi connectivity index (χ1v) is 8.32. The fourth-order valence-electron chi connectivity index (χ4n) is 1.60. The molecule has 0 aliphatic rings. The van der Waals surface area contributed by atoms with Crippen molar-refractivity contribution in [1.82, 2.24) is 10.6 Å². The van der Waals surface area contributed by atoms with Crippen molar-refractivity contribution in [2.24, 2.45) is 0 Å². The third kappa shape index (κ3) is 9.38. The smallest absolute Gasteiger partial charge is 0.412 e. The van der Waals surface area contributed by atoms with E-state index < -0.39 is 22.6 Å². The number of nitrogens with one attached hydrogen (secondary N) is 3. The summed E-state index contributed by atoms with van der Waals surface area (Å²) < 4.78 is 8.01. The molecule has 0 fully saturated rings. The average Bonchev–Trinajstić information content (AvgIpc) is 2.50. The van der Waals surface area contributed by atoms with Crippen LogP contribution in [0.25, 0.3) is 0 Å². The Morgan fingerprint density at radius 1 is 1.20 bits per heavy atom. The second kappa shape index (κ2) is 9.70. The second-order valence-corrected chi connectivity index (χ2v) is 7.78. The van der Waals surface area contributed by atoms with Gasteiger partial charge in [-0.2, -0.15) is 0 Å². The topological polar surface area (TPSA) is 101 Å². The minimum atomic E-state index is -1.73. The van der Waals surface area contributed by atoms with E-state index in [0.717, 1.165) is 0 Å². The number of carbonyl (C=O) groups is 2. The lowest BCUT2D eigenvalue weighted by Crippen LogP contribution is -2.33. The molecule has 1 aromatic rings. The summed E-state index contributed by atoms with van der Waals surface area (Å²) in [5, 5.41) is 12.7. The van der Waals surface area contributed by atoms with Gasteiger partial charge in [-0.15, -0.1) is 0 Å². The van der Waals surface area contributed by atoms with Gasteiger partial charge >= 0.3 is 12.2 Å². The Balaban J connectivity index is 2.57. The molecule has 0 aliphatic heterocycles. The van der Waals surface area contributed by atoms with Gasteiger partial charge in [-0.1, -0.05) is 53.0 Å². The van der Waals surface area contributed by atoms with Crippen LogP contribution in [-0.4, -0.2) is 34.5 Å². The third-order valence-electron chi connectivity index (χ3n) is 2.59. The van der Waals surface area contributed by atoms with Crippen molar-refractivity contribution in [3.63, 3.8) is 0 Å². The molecule has 0 radical (unpaired) electrons. The number of halogens is 3. The van der Waals surface area contributed by atoms with Gasteiger partial charge in [0.2, 0.25) is 3.79 Å². The Hall–Kier alpha value is -1.70. The maximum atomic E-state index is 11.5. The number of alkyl halides is 3. The highest BCUT2D eigenvalue weighted by atomic mass is 35.6. The number of ether oxygens (including phenoxy) is 2. The van der Waals surface area contributed by atoms with Crippen LogP contribution in [0.1, 0.15) is 25.0 Å². The summed E-state index contributed by atoms with van der Waals surface area (Å²) in [6.07, 6.45) is -1.46. The van der Waals surface area contributed by atoms with Crippen LogP contribution in [0.4, 0.5) is 9.59 Å². The molecule has 0 saturated heterocycles. The maximum Gasteiger partial charge on any atom is 0.412 e. The lowest BCUT2D eigenvalue weighted by molar-refractivity contribution is 0.137. The lowest BCUT2D eigenvalue weighted by atomic mass is 10.1. The van der Waals surface area contributed by atoms with Gasteiger partial charge in [0.05, 0.1) is 0 Å². The molecule has 10 heteroatoms. The molecular weight excluding hydrogens is 393 g/mol. The summed E-state index contributed by atoms with van der Waals surface area (Å²) in [7, 11) is 0. The molecule has 0 bridgehead atoms. The highest BCUT2D eigenvalue weighted by Gasteiger charge is 2.22. The van der Waals surface area contributed by atoms with Crippen LogP contribution >= 0.6 is 34.8 Å². The minimum absolute atomic E-state index is 0.0252. The SMILES string of the molecule is CC(C)NC(=O)OCc1cccc(C(=N)NC(=O)OCC(Cl)(Cl)Cl)c1. The molecule has 1 aromatic carbocycles. The van der Waals surface area contributed by atoms with Crippen molar-refractivity contribution in [3.8, 4) is 0 Å². The summed E-state index contributed by atoms with van der Waals surface area (Å²) >= 11 is 16.4. The lowest BCUT2D eigenvalue weighted by Gasteiger charge is -2.13. The molecule has 0 spiro atoms. The molecule has 0 saturated carbocycles. The van der Waals surface area contributed by atoms with Gasteiger partial charge in [-0.25, -0.2) is 9.59 Å². The van der Waals surface area contributed by atoms with Crippen molar-refractivity contribution < 1.29 is 19.1 Å². The van der Waals surface area contributed by atoms with Gasteiger partial charge < -0.3 is 14.8 Å². The number of alkyl carbamates (subject to hydrolysis) is 2. The normalized spacial score (nSPS) is 11.0. The molecule has 2 amide bonds. The molecule has 3 N–H and O–H groups in total. The minimum Gasteiger partial charge on any atom is -0.445 e. The largest absolute Gasteiger partial charge is 0.445 e. The quantitative estimate of drug-likeness (QED) is 0.391. The summed E-state index contributed by atoms with van der Waals surface area (Å²) in [6, 6.07) is 6.56. The molecule has 0 heterocycles. The van der Waals surface area contributed by atoms with E-state index >= 15 is 0 Å². The third-order valence-corrected chi connectivity index (χ3v) is 2.91. The van der Waals surface area contributed by atoms with Crippen LogP contribution in [0.15, 0.2) is 24.3 Å². The number of amides is 2. The summed E-state index contributed by atoms with van der Waals surface area (Å²) in [4.78, 5) is 23.0. The van der Waals surface area contributed by atoms with Crippen molar-refractivity contribution in [1.29, 1.82) is 5.41 Å². The predicted molar refractivity (Wildman–Crippen MR) is 96.5 cm³/mol. The molecule has 7 nitrogen and oxygen atoms in total. The fourth-order valence-corrected chi connectivity index (χ4v) is 1.76. The van der Waals surface area contributed by atoms with Crippen LogP contribution < -0.4 is 10.6 Å². The Bertz CT molecular complexity index is 633. The van der Waals surface area contributed by atoms with Gasteiger partial charge in [0.1, 0.15) is 19.0 Å². The molecule has 138 valence electrons. The van der Waals surface area contributed by atoms with E-state index in [1.165, 1.54) is 0 Å². The average molecular weight is 411 g/mol. The van der Waals surface area contributed by atoms with Gasteiger partial charge in [0, 0.05) is 11.6 Å². The zero-order valence-electron chi connectivity index (χ0n) is 13.6. The van der Waals surface area contributed by atoms with Crippen LogP contribution in [-0.2, 0) is 16.1 Å². The Labute approximate surface area is 160 Å². The van der Waals surface area contributed by atoms with E-state index in [-0.39, 0.29) is 18.5 Å². The molecule has 1 rings (SSSR count). The highest BCUT2D eigenvalue weighted by Crippen LogP contribution is 2.25. The van der Waals surface area contributed by atoms with E-state index in [9.17, 15) is 9.59 Å². The zero-order chi connectivity index (χ0) is 19.0. The van der Waals surface area contributed by atoms with Crippen molar-refractivity contribution >= 4 is 52.8 Å². The number of hydrogen-bond donors (Lipinski definition) is 3. The molecule has 0 aliphatic carbocycles. The van der Waals surface area contributed by atoms with E-state index in [1.54, 1.807) is 24.3 Å². The van der Waals surface area contributed by atoms with Crippen LogP contribution in [0.5, 0.6) is 0 Å². The number of rotatable bonds is 5. The highest BCUT2D eigenvalue weighted by molar-refractivity contribution is 6.67. The maximum absolute atomic E-state index is 11.5. The number of carbonyl (C=O) groups excluding carboxylic acids is 2. The van der Waals surface area contributed by atoms with Crippen LogP contribution in [0.2, 0.25) is 0 Å². The number of hydrogen-bond acceptors (Lipinski definition) is 5. The van der Waals surface area contributed by atoms with Gasteiger partial charge in [-0.3, -0.25) is 10.7 Å². The van der Waals surface area contributed by atoms with Crippen molar-refractivity contribution in [3.05, 3.63) is 35.4 Å². The van der Waals surface area contributed by atoms with Crippen molar-refractivity contribution in [2.75, 3.05) is 6.61 Å². The Morgan fingerprint density at radius 2 is 1.88 bits per heavy atom. The van der Waals surface area contributed by atoms with Gasteiger partial charge in [0.25, 0.3) is 0 Å². The van der Waals surface area contributed by atoms with Gasteiger partial charge in [0.15, 0.2) is 0 Å². The first-order valence-electron chi connectivity index (χ1n) is 7.18. The van der Waals surface area contributed by atoms with Gasteiger partial charge in [-0.05, 0) is 25.5 Å². The molecule has 25 heavy (non-hydrogen) atoms. The fraction of sp³-hybridized carbons (Fsp3) is 0.400. The summed E-state index contributed by atoms with van der Waals surface area (Å²) in [5.74, 6) is -0.206. The molecular formula is C15H18Cl3N3O4. The zero-order valence-corrected chi connectivity index (χ0v) is 15.8. The molecule has 0 unspecified atom stereocenters. The monoisotopic (exact) mass is 409 g/mol. The molecule has 0 atom stereocenters. The Kier molecular flexibility index (Phi) is 8.28. The molecule has 0 aromatic heterocycles. The predicted octanol–water partition coefficient (Wildman–Crippen LogP) is 3.74. The van der Waals surface area contributed by atoms with E-state index in [0.29, 0.717) is 11.1 Å². The van der Waals surface area contributed by atoms with Crippen LogP contribution in [0, 0.1) is 5.41 Å². The van der Waals surface area contributed by atoms with Crippen molar-refractivity contribution in [2.45, 2.75) is 30.3 Å². The standard InChI is InChI=1S/C15H18Cl3N3O4/c1-9(2)20-13(22)24-7-10-4-3-5-11(6-10)12(19)21-14(23)25-8-15(16,17)18/h3-6,9H,7-8H2,1-2H3,(H,20,22)(H2,19,21,23). The first-order chi connectivity index (χ1) is 11.6. The van der Waals surface area contributed by atoms with E-state index in [1.807, 2.05) is 13.8 Å². The summed E-state index contributed by atoms with van der Waals surface area (Å²) in [5.41, 5.74) is 1.05. The van der Waals surface area contributed by atoms with E-state index in [2.05, 4.69) is 15.4 Å². The first kappa shape index (κ1) is 21.3. The summed E-state index contributed by atoms with van der Waals surface area (Å²) in [6.45, 7) is 3.21. The van der Waals surface area contributed by atoms with Crippen LogP contribution in [0.3, 0.4) is 0 Å². The Morgan fingerprint density at radius 3 is 2.48 bits per heavy atom.